The molecule has 2 nitrogen and oxygen atoms in total. The Labute approximate surface area is 171 Å². The second-order valence-electron chi connectivity index (χ2n) is 7.37. The summed E-state index contributed by atoms with van der Waals surface area (Å²) < 4.78 is 13.4. The molecule has 3 aromatic carbocycles. The zero-order valence-electron chi connectivity index (χ0n) is 16.3. The van der Waals surface area contributed by atoms with Crippen molar-refractivity contribution in [1.29, 1.82) is 5.26 Å². The molecule has 0 aliphatic carbocycles. The van der Waals surface area contributed by atoms with Gasteiger partial charge in [-0.2, -0.15) is 5.26 Å². The van der Waals surface area contributed by atoms with Gasteiger partial charge >= 0.3 is 0 Å². The van der Waals surface area contributed by atoms with E-state index in [1.54, 1.807) is 12.1 Å². The molecule has 4 rings (SSSR count). The van der Waals surface area contributed by atoms with Crippen LogP contribution in [0, 0.1) is 17.1 Å². The van der Waals surface area contributed by atoms with Crippen molar-refractivity contribution < 1.29 is 4.39 Å². The van der Waals surface area contributed by atoms with Gasteiger partial charge < -0.3 is 4.90 Å². The number of nitriles is 1. The van der Waals surface area contributed by atoms with Crippen molar-refractivity contribution in [3.05, 3.63) is 89.2 Å². The van der Waals surface area contributed by atoms with Gasteiger partial charge in [0.25, 0.3) is 0 Å². The first kappa shape index (κ1) is 19.0. The van der Waals surface area contributed by atoms with E-state index in [9.17, 15) is 9.65 Å². The number of anilines is 1. The Kier molecular flexibility index (Phi) is 5.72. The largest absolute Gasteiger partial charge is 0.370 e. The average molecular weight is 382 g/mol. The topological polar surface area (TPSA) is 27.0 Å². The number of hydrogen-bond acceptors (Lipinski definition) is 2. The van der Waals surface area contributed by atoms with Gasteiger partial charge in [-0.1, -0.05) is 54.6 Å². The molecule has 1 fully saturated rings. The monoisotopic (exact) mass is 382 g/mol. The van der Waals surface area contributed by atoms with E-state index in [0.29, 0.717) is 5.56 Å². The maximum Gasteiger partial charge on any atom is 0.123 e. The number of nitrogens with zero attached hydrogens (tertiary/aromatic N) is 2. The zero-order valence-corrected chi connectivity index (χ0v) is 16.3. The number of rotatable bonds is 4. The molecular weight excluding hydrogens is 359 g/mol. The summed E-state index contributed by atoms with van der Waals surface area (Å²) in [4.78, 5) is 2.31. The molecule has 29 heavy (non-hydrogen) atoms. The second kappa shape index (κ2) is 8.75. The minimum Gasteiger partial charge on any atom is -0.370 e. The Morgan fingerprint density at radius 2 is 1.55 bits per heavy atom. The van der Waals surface area contributed by atoms with Crippen molar-refractivity contribution in [3.8, 4) is 17.2 Å². The normalized spacial score (nSPS) is 14.1. The summed E-state index contributed by atoms with van der Waals surface area (Å²) in [5.41, 5.74) is 5.59. The summed E-state index contributed by atoms with van der Waals surface area (Å²) >= 11 is 0. The van der Waals surface area contributed by atoms with Gasteiger partial charge in [-0.15, -0.1) is 0 Å². The molecule has 0 saturated carbocycles. The third-order valence-electron chi connectivity index (χ3n) is 5.39. The van der Waals surface area contributed by atoms with E-state index >= 15 is 0 Å². The summed E-state index contributed by atoms with van der Waals surface area (Å²) in [6.07, 6.45) is 7.55. The smallest absolute Gasteiger partial charge is 0.123 e. The molecule has 0 amide bonds. The van der Waals surface area contributed by atoms with Crippen molar-refractivity contribution >= 4 is 17.8 Å². The summed E-state index contributed by atoms with van der Waals surface area (Å²) in [7, 11) is 0. The minimum absolute atomic E-state index is 0.247. The van der Waals surface area contributed by atoms with Crippen LogP contribution in [0.1, 0.15) is 36.0 Å². The predicted molar refractivity (Wildman–Crippen MR) is 118 cm³/mol. The third-order valence-corrected chi connectivity index (χ3v) is 5.39. The SMILES string of the molecule is N#Cc1c(/C=C/c2ccccc2)cc(-c2ccc(F)cc2)cc1N1CCCCC1. The Morgan fingerprint density at radius 1 is 0.828 bits per heavy atom. The maximum absolute atomic E-state index is 13.4. The molecule has 144 valence electrons. The van der Waals surface area contributed by atoms with E-state index < -0.39 is 0 Å². The lowest BCUT2D eigenvalue weighted by Crippen LogP contribution is -2.30. The van der Waals surface area contributed by atoms with Crippen LogP contribution in [0.4, 0.5) is 10.1 Å². The Hall–Kier alpha value is -3.38. The van der Waals surface area contributed by atoms with Crippen LogP contribution in [0.15, 0.2) is 66.7 Å². The molecule has 0 atom stereocenters. The average Bonchev–Trinajstić information content (AvgIpc) is 2.79. The highest BCUT2D eigenvalue weighted by molar-refractivity contribution is 5.83. The lowest BCUT2D eigenvalue weighted by molar-refractivity contribution is 0.577. The van der Waals surface area contributed by atoms with E-state index in [0.717, 1.165) is 53.9 Å². The molecule has 1 aliphatic rings. The van der Waals surface area contributed by atoms with E-state index in [1.807, 2.05) is 48.6 Å². The van der Waals surface area contributed by atoms with Gasteiger partial charge in [-0.05, 0) is 65.8 Å². The van der Waals surface area contributed by atoms with Gasteiger partial charge in [-0.3, -0.25) is 0 Å². The molecule has 1 aliphatic heterocycles. The lowest BCUT2D eigenvalue weighted by atomic mass is 9.95. The Bertz CT molecular complexity index is 1040. The van der Waals surface area contributed by atoms with Crippen molar-refractivity contribution in [3.63, 3.8) is 0 Å². The molecule has 0 aromatic heterocycles. The molecule has 1 saturated heterocycles. The van der Waals surface area contributed by atoms with Crippen LogP contribution in [0.2, 0.25) is 0 Å². The fraction of sp³-hybridized carbons (Fsp3) is 0.192. The summed E-state index contributed by atoms with van der Waals surface area (Å²) in [6.45, 7) is 1.92. The molecule has 3 heteroatoms. The maximum atomic E-state index is 13.4. The number of benzene rings is 3. The molecule has 0 N–H and O–H groups in total. The second-order valence-corrected chi connectivity index (χ2v) is 7.37. The van der Waals surface area contributed by atoms with Crippen molar-refractivity contribution in [2.75, 3.05) is 18.0 Å². The van der Waals surface area contributed by atoms with Crippen LogP contribution < -0.4 is 4.90 Å². The van der Waals surface area contributed by atoms with Gasteiger partial charge in [0.2, 0.25) is 0 Å². The first-order valence-electron chi connectivity index (χ1n) is 10.1. The minimum atomic E-state index is -0.247. The van der Waals surface area contributed by atoms with Crippen molar-refractivity contribution in [2.24, 2.45) is 0 Å². The Balaban J connectivity index is 1.83. The van der Waals surface area contributed by atoms with Gasteiger partial charge in [0.15, 0.2) is 0 Å². The highest BCUT2D eigenvalue weighted by atomic mass is 19.1. The van der Waals surface area contributed by atoms with Gasteiger partial charge in [0, 0.05) is 13.1 Å². The van der Waals surface area contributed by atoms with Gasteiger partial charge in [-0.25, -0.2) is 4.39 Å². The van der Waals surface area contributed by atoms with Gasteiger partial charge in [0.05, 0.1) is 11.3 Å². The number of hydrogen-bond donors (Lipinski definition) is 0. The van der Waals surface area contributed by atoms with E-state index in [-0.39, 0.29) is 5.82 Å². The van der Waals surface area contributed by atoms with Crippen LogP contribution >= 0.6 is 0 Å². The van der Waals surface area contributed by atoms with Crippen LogP contribution in [0.3, 0.4) is 0 Å². The summed E-state index contributed by atoms with van der Waals surface area (Å²) in [5.74, 6) is -0.247. The van der Waals surface area contributed by atoms with E-state index in [2.05, 4.69) is 17.0 Å². The highest BCUT2D eigenvalue weighted by Crippen LogP contribution is 2.33. The standard InChI is InChI=1S/C26H23FN2/c27-24-13-11-21(12-14-24)23-17-22(10-9-20-7-3-1-4-8-20)25(19-28)26(18-23)29-15-5-2-6-16-29/h1,3-4,7-14,17-18H,2,5-6,15-16H2/b10-9+. The molecule has 1 heterocycles. The molecule has 0 unspecified atom stereocenters. The van der Waals surface area contributed by atoms with Gasteiger partial charge in [0.1, 0.15) is 11.9 Å². The fourth-order valence-corrected chi connectivity index (χ4v) is 3.85. The zero-order chi connectivity index (χ0) is 20.1. The number of halogens is 1. The summed E-state index contributed by atoms with van der Waals surface area (Å²) in [5, 5.41) is 9.96. The highest BCUT2D eigenvalue weighted by Gasteiger charge is 2.18. The van der Waals surface area contributed by atoms with Crippen molar-refractivity contribution in [2.45, 2.75) is 19.3 Å². The first-order chi connectivity index (χ1) is 14.2. The van der Waals surface area contributed by atoms with E-state index in [1.165, 1.54) is 18.6 Å². The molecule has 0 radical (unpaired) electrons. The van der Waals surface area contributed by atoms with Crippen LogP contribution in [-0.2, 0) is 0 Å². The molecule has 3 aromatic rings. The van der Waals surface area contributed by atoms with Crippen LogP contribution in [0.5, 0.6) is 0 Å². The molecular formula is C26H23FN2. The molecule has 0 bridgehead atoms. The summed E-state index contributed by atoms with van der Waals surface area (Å²) in [6, 6.07) is 23.1. The van der Waals surface area contributed by atoms with Crippen LogP contribution in [-0.4, -0.2) is 13.1 Å². The van der Waals surface area contributed by atoms with Crippen LogP contribution in [0.25, 0.3) is 23.3 Å². The van der Waals surface area contributed by atoms with Crippen molar-refractivity contribution in [1.82, 2.24) is 0 Å². The Morgan fingerprint density at radius 3 is 2.24 bits per heavy atom. The first-order valence-corrected chi connectivity index (χ1v) is 10.1. The molecule has 0 spiro atoms. The quantitative estimate of drug-likeness (QED) is 0.480. The third kappa shape index (κ3) is 4.38. The predicted octanol–water partition coefficient (Wildman–Crippen LogP) is 6.53. The van der Waals surface area contributed by atoms with E-state index in [4.69, 9.17) is 0 Å². The number of piperidine rings is 1. The fourth-order valence-electron chi connectivity index (χ4n) is 3.85. The lowest BCUT2D eigenvalue weighted by Gasteiger charge is -2.30.